The van der Waals surface area contributed by atoms with E-state index >= 15 is 0 Å². The van der Waals surface area contributed by atoms with Gasteiger partial charge in [0.1, 0.15) is 0 Å². The molecule has 0 spiro atoms. The van der Waals surface area contributed by atoms with E-state index in [-0.39, 0.29) is 29.9 Å². The molecule has 8 heteroatoms. The highest BCUT2D eigenvalue weighted by atomic mass is 127. The van der Waals surface area contributed by atoms with Crippen LogP contribution < -0.4 is 5.32 Å². The monoisotopic (exact) mass is 533 g/mol. The summed E-state index contributed by atoms with van der Waals surface area (Å²) < 4.78 is 5.24. The zero-order valence-electron chi connectivity index (χ0n) is 17.7. The Balaban J connectivity index is 0.00000272. The minimum Gasteiger partial charge on any atom is -0.459 e. The van der Waals surface area contributed by atoms with Gasteiger partial charge in [0.15, 0.2) is 11.7 Å². The van der Waals surface area contributed by atoms with E-state index in [0.717, 1.165) is 42.9 Å². The lowest BCUT2D eigenvalue weighted by Crippen LogP contribution is -2.53. The highest BCUT2D eigenvalue weighted by Gasteiger charge is 2.25. The molecular formula is C23H28IN5O2. The van der Waals surface area contributed by atoms with Crippen molar-refractivity contribution in [3.8, 4) is 0 Å². The van der Waals surface area contributed by atoms with Crippen LogP contribution in [0.3, 0.4) is 0 Å². The number of hydrogen-bond acceptors (Lipinski definition) is 4. The summed E-state index contributed by atoms with van der Waals surface area (Å²) in [5.41, 5.74) is 2.26. The van der Waals surface area contributed by atoms with Gasteiger partial charge in [0.05, 0.1) is 11.8 Å². The first-order chi connectivity index (χ1) is 14.8. The summed E-state index contributed by atoms with van der Waals surface area (Å²) in [5, 5.41) is 4.54. The Morgan fingerprint density at radius 3 is 2.61 bits per heavy atom. The van der Waals surface area contributed by atoms with Crippen LogP contribution in [0, 0.1) is 0 Å². The Kier molecular flexibility index (Phi) is 8.27. The topological polar surface area (TPSA) is 74.0 Å². The van der Waals surface area contributed by atoms with Crippen molar-refractivity contribution in [2.75, 3.05) is 39.3 Å². The van der Waals surface area contributed by atoms with Crippen LogP contribution >= 0.6 is 24.0 Å². The van der Waals surface area contributed by atoms with E-state index in [1.165, 1.54) is 11.8 Å². The number of guanidine groups is 1. The molecule has 1 fully saturated rings. The number of carbonyl (C=O) groups excluding carboxylic acids is 1. The number of fused-ring (bicyclic) bond motifs is 1. The Morgan fingerprint density at radius 1 is 1.10 bits per heavy atom. The molecule has 1 aliphatic heterocycles. The molecule has 0 unspecified atom stereocenters. The first-order valence-corrected chi connectivity index (χ1v) is 10.4. The van der Waals surface area contributed by atoms with E-state index in [1.807, 2.05) is 17.2 Å². The molecule has 0 bridgehead atoms. The molecule has 2 aromatic heterocycles. The smallest absolute Gasteiger partial charge is 0.289 e. The molecule has 1 N–H and O–H groups in total. The first kappa shape index (κ1) is 23.1. The molecule has 1 amide bonds. The van der Waals surface area contributed by atoms with Gasteiger partial charge in [-0.25, -0.2) is 0 Å². The van der Waals surface area contributed by atoms with Gasteiger partial charge >= 0.3 is 0 Å². The maximum Gasteiger partial charge on any atom is 0.289 e. The Labute approximate surface area is 199 Å². The zero-order valence-corrected chi connectivity index (χ0v) is 20.0. The number of nitrogens with one attached hydrogen (secondary N) is 1. The Morgan fingerprint density at radius 2 is 1.87 bits per heavy atom. The van der Waals surface area contributed by atoms with Crippen molar-refractivity contribution < 1.29 is 9.21 Å². The molecule has 4 rings (SSSR count). The minimum atomic E-state index is -0.0509. The van der Waals surface area contributed by atoms with Crippen molar-refractivity contribution in [2.45, 2.75) is 13.3 Å². The molecule has 3 heterocycles. The number of para-hydroxylation sites is 1. The van der Waals surface area contributed by atoms with Gasteiger partial charge in [-0.1, -0.05) is 24.3 Å². The molecule has 0 aliphatic carbocycles. The predicted molar refractivity (Wildman–Crippen MR) is 133 cm³/mol. The number of halogens is 1. The van der Waals surface area contributed by atoms with E-state index in [0.29, 0.717) is 25.4 Å². The highest BCUT2D eigenvalue weighted by Crippen LogP contribution is 2.16. The summed E-state index contributed by atoms with van der Waals surface area (Å²) in [6.07, 6.45) is 4.20. The lowest BCUT2D eigenvalue weighted by atomic mass is 10.1. The molecule has 164 valence electrons. The summed E-state index contributed by atoms with van der Waals surface area (Å²) in [5.74, 6) is 1.24. The van der Waals surface area contributed by atoms with Crippen LogP contribution in [0.5, 0.6) is 0 Å². The second-order valence-electron chi connectivity index (χ2n) is 7.23. The molecular weight excluding hydrogens is 505 g/mol. The second kappa shape index (κ2) is 11.1. The lowest BCUT2D eigenvalue weighted by molar-refractivity contribution is 0.0657. The molecule has 0 saturated carbocycles. The lowest BCUT2D eigenvalue weighted by Gasteiger charge is -2.36. The average molecular weight is 533 g/mol. The van der Waals surface area contributed by atoms with Gasteiger partial charge in [-0.2, -0.15) is 0 Å². The van der Waals surface area contributed by atoms with Gasteiger partial charge in [-0.05, 0) is 37.1 Å². The van der Waals surface area contributed by atoms with Gasteiger partial charge in [-0.3, -0.25) is 14.8 Å². The Hall–Kier alpha value is -2.62. The van der Waals surface area contributed by atoms with Crippen molar-refractivity contribution in [1.82, 2.24) is 20.1 Å². The molecule has 31 heavy (non-hydrogen) atoms. The molecule has 1 aliphatic rings. The van der Waals surface area contributed by atoms with Crippen LogP contribution in [0.4, 0.5) is 0 Å². The van der Waals surface area contributed by atoms with Gasteiger partial charge in [-0.15, -0.1) is 24.0 Å². The van der Waals surface area contributed by atoms with Crippen molar-refractivity contribution >= 4 is 46.7 Å². The minimum absolute atomic E-state index is 0. The summed E-state index contributed by atoms with van der Waals surface area (Å²) >= 11 is 0. The maximum atomic E-state index is 12.5. The largest absolute Gasteiger partial charge is 0.459 e. The molecule has 0 atom stereocenters. The van der Waals surface area contributed by atoms with Gasteiger partial charge in [0.2, 0.25) is 0 Å². The molecule has 1 saturated heterocycles. The highest BCUT2D eigenvalue weighted by molar-refractivity contribution is 14.0. The average Bonchev–Trinajstić information content (AvgIpc) is 3.33. The van der Waals surface area contributed by atoms with Crippen LogP contribution in [-0.4, -0.2) is 65.9 Å². The van der Waals surface area contributed by atoms with E-state index in [9.17, 15) is 4.79 Å². The summed E-state index contributed by atoms with van der Waals surface area (Å²) in [4.78, 5) is 25.9. The standard InChI is InChI=1S/C23H27N5O2.HI/c1-2-24-23(26-12-10-19-7-3-6-18-8-4-11-25-21(18)19)28-15-13-27(14-16-28)22(29)20-9-5-17-30-20;/h3-9,11,17H,2,10,12-16H2,1H3,(H,24,26);1H. The Bertz CT molecular complexity index is 1010. The van der Waals surface area contributed by atoms with Crippen molar-refractivity contribution in [3.05, 3.63) is 66.2 Å². The maximum absolute atomic E-state index is 12.5. The number of benzene rings is 1. The number of aromatic nitrogens is 1. The molecule has 3 aromatic rings. The van der Waals surface area contributed by atoms with Gasteiger partial charge < -0.3 is 19.5 Å². The van der Waals surface area contributed by atoms with Crippen LogP contribution in [0.2, 0.25) is 0 Å². The number of aliphatic imine (C=N–C) groups is 1. The van der Waals surface area contributed by atoms with Gasteiger partial charge in [0, 0.05) is 50.9 Å². The third-order valence-electron chi connectivity index (χ3n) is 5.29. The van der Waals surface area contributed by atoms with E-state index in [4.69, 9.17) is 9.41 Å². The molecule has 7 nitrogen and oxygen atoms in total. The van der Waals surface area contributed by atoms with Crippen molar-refractivity contribution in [1.29, 1.82) is 0 Å². The van der Waals surface area contributed by atoms with E-state index in [2.05, 4.69) is 46.4 Å². The first-order valence-electron chi connectivity index (χ1n) is 10.4. The van der Waals surface area contributed by atoms with Crippen LogP contribution in [0.15, 0.2) is 64.3 Å². The van der Waals surface area contributed by atoms with Gasteiger partial charge in [0.25, 0.3) is 5.91 Å². The number of nitrogens with zero attached hydrogens (tertiary/aromatic N) is 4. The fourth-order valence-electron chi connectivity index (χ4n) is 3.75. The number of pyridine rings is 1. The quantitative estimate of drug-likeness (QED) is 0.309. The number of hydrogen-bond donors (Lipinski definition) is 1. The molecule has 0 radical (unpaired) electrons. The number of piperazine rings is 1. The van der Waals surface area contributed by atoms with Crippen molar-refractivity contribution in [3.63, 3.8) is 0 Å². The van der Waals surface area contributed by atoms with E-state index in [1.54, 1.807) is 12.1 Å². The fraction of sp³-hybridized carbons (Fsp3) is 0.348. The number of furan rings is 1. The fourth-order valence-corrected chi connectivity index (χ4v) is 3.75. The van der Waals surface area contributed by atoms with E-state index < -0.39 is 0 Å². The summed E-state index contributed by atoms with van der Waals surface area (Å²) in [7, 11) is 0. The van der Waals surface area contributed by atoms with Crippen molar-refractivity contribution in [2.24, 2.45) is 4.99 Å². The second-order valence-corrected chi connectivity index (χ2v) is 7.23. The summed E-state index contributed by atoms with van der Waals surface area (Å²) in [6, 6.07) is 13.8. The zero-order chi connectivity index (χ0) is 20.8. The summed E-state index contributed by atoms with van der Waals surface area (Å²) in [6.45, 7) is 6.35. The van der Waals surface area contributed by atoms with Crippen LogP contribution in [-0.2, 0) is 6.42 Å². The predicted octanol–water partition coefficient (Wildman–Crippen LogP) is 3.41. The number of rotatable bonds is 5. The third-order valence-corrected chi connectivity index (χ3v) is 5.29. The molecule has 1 aromatic carbocycles. The van der Waals surface area contributed by atoms with Crippen LogP contribution in [0.1, 0.15) is 23.0 Å². The van der Waals surface area contributed by atoms with Crippen LogP contribution in [0.25, 0.3) is 10.9 Å². The number of carbonyl (C=O) groups is 1. The SMILES string of the molecule is CCNC(=NCCc1cccc2cccnc12)N1CCN(C(=O)c2ccco2)CC1.I. The third kappa shape index (κ3) is 5.55. The number of amides is 1. The normalized spacial score (nSPS) is 14.4.